The fraction of sp³-hybridized carbons (Fsp3) is 0.267. The maximum absolute atomic E-state index is 11.4. The van der Waals surface area contributed by atoms with Crippen LogP contribution in [0.5, 0.6) is 0 Å². The van der Waals surface area contributed by atoms with E-state index in [1.165, 1.54) is 0 Å². The van der Waals surface area contributed by atoms with E-state index in [4.69, 9.17) is 11.6 Å². The third kappa shape index (κ3) is 2.43. The van der Waals surface area contributed by atoms with Gasteiger partial charge in [-0.1, -0.05) is 0 Å². The average molecular weight is 315 g/mol. The average Bonchev–Trinajstić information content (AvgIpc) is 2.94. The number of hydrogen-bond acceptors (Lipinski definition) is 4. The Kier molecular flexibility index (Phi) is 4.03. The summed E-state index contributed by atoms with van der Waals surface area (Å²) in [6.07, 6.45) is 2.86. The minimum atomic E-state index is -0.371. The first-order valence-electron chi connectivity index (χ1n) is 6.93. The number of alkyl halides is 1. The van der Waals surface area contributed by atoms with E-state index in [1.807, 2.05) is 6.07 Å². The summed E-state index contributed by atoms with van der Waals surface area (Å²) in [5.74, 6) is 0.731. The van der Waals surface area contributed by atoms with Gasteiger partial charge in [-0.3, -0.25) is 0 Å². The molecule has 0 amide bonds. The molecule has 0 saturated carbocycles. The van der Waals surface area contributed by atoms with Crippen LogP contribution in [0.4, 0.5) is 11.4 Å². The molecule has 0 saturated heterocycles. The van der Waals surface area contributed by atoms with Crippen LogP contribution in [0.1, 0.15) is 23.5 Å². The van der Waals surface area contributed by atoms with E-state index in [-0.39, 0.29) is 16.5 Å². The Hall–Kier alpha value is -2.08. The van der Waals surface area contributed by atoms with Gasteiger partial charge in [-0.25, -0.2) is 0 Å². The SMILES string of the molecule is O=B/C=N\c1ccc2c3c(cc([N+](=O)[O-])c2c1)CCC3CCl. The van der Waals surface area contributed by atoms with E-state index in [2.05, 4.69) is 4.99 Å². The van der Waals surface area contributed by atoms with Crippen LogP contribution in [0.15, 0.2) is 29.3 Å². The van der Waals surface area contributed by atoms with Crippen molar-refractivity contribution < 1.29 is 9.63 Å². The number of hydrogen-bond donors (Lipinski definition) is 0. The number of nitro benzene ring substituents is 1. The van der Waals surface area contributed by atoms with E-state index < -0.39 is 0 Å². The number of aliphatic imine (C=N–C) groups is 1. The Balaban J connectivity index is 2.30. The second-order valence-electron chi connectivity index (χ2n) is 5.26. The Morgan fingerprint density at radius 3 is 2.91 bits per heavy atom. The summed E-state index contributed by atoms with van der Waals surface area (Å²) in [6.45, 7) is 0. The molecular weight excluding hydrogens is 302 g/mol. The van der Waals surface area contributed by atoms with E-state index in [1.54, 1.807) is 18.2 Å². The first kappa shape index (κ1) is 14.8. The van der Waals surface area contributed by atoms with Gasteiger partial charge in [-0.15, -0.1) is 0 Å². The van der Waals surface area contributed by atoms with Crippen molar-refractivity contribution in [3.63, 3.8) is 0 Å². The van der Waals surface area contributed by atoms with Crippen molar-refractivity contribution in [2.45, 2.75) is 18.8 Å². The predicted octanol–water partition coefficient (Wildman–Crippen LogP) is 3.73. The zero-order valence-corrected chi connectivity index (χ0v) is 12.4. The quantitative estimate of drug-likeness (QED) is 0.284. The molecular formula is C15H12BClN2O3. The molecule has 5 nitrogen and oxygen atoms in total. The number of benzene rings is 2. The standard InChI is InChI=1S/C15H12BClN2O3/c17-7-10-2-1-9-5-14(19(21)22)13-6-11(18-8-16-20)3-4-12(13)15(9)10/h3-6,8,10H,1-2,7H2/b18-8-. The molecule has 110 valence electrons. The summed E-state index contributed by atoms with van der Waals surface area (Å²) >= 11 is 6.04. The van der Waals surface area contributed by atoms with E-state index in [0.29, 0.717) is 24.1 Å². The van der Waals surface area contributed by atoms with E-state index >= 15 is 0 Å². The van der Waals surface area contributed by atoms with Crippen LogP contribution in [0, 0.1) is 10.1 Å². The number of nitro groups is 1. The van der Waals surface area contributed by atoms with Crippen molar-refractivity contribution in [2.75, 3.05) is 5.88 Å². The number of nitrogens with zero attached hydrogens (tertiary/aromatic N) is 2. The molecule has 2 aromatic carbocycles. The molecule has 2 aromatic rings. The second-order valence-corrected chi connectivity index (χ2v) is 5.57. The van der Waals surface area contributed by atoms with Gasteiger partial charge >= 0.3 is 132 Å². The Morgan fingerprint density at radius 2 is 2.23 bits per heavy atom. The predicted molar refractivity (Wildman–Crippen MR) is 87.0 cm³/mol. The second kappa shape index (κ2) is 5.97. The third-order valence-electron chi connectivity index (χ3n) is 4.06. The van der Waals surface area contributed by atoms with Crippen molar-refractivity contribution >= 4 is 47.0 Å². The molecule has 0 spiro atoms. The molecule has 7 heteroatoms. The summed E-state index contributed by atoms with van der Waals surface area (Å²) in [6, 6.07) is 6.90. The molecule has 0 aliphatic heterocycles. The van der Waals surface area contributed by atoms with Crippen molar-refractivity contribution in [2.24, 2.45) is 4.99 Å². The van der Waals surface area contributed by atoms with Crippen LogP contribution < -0.4 is 0 Å². The zero-order valence-electron chi connectivity index (χ0n) is 11.7. The molecule has 0 bridgehead atoms. The fourth-order valence-corrected chi connectivity index (χ4v) is 3.45. The van der Waals surface area contributed by atoms with Crippen LogP contribution in [0.3, 0.4) is 0 Å². The molecule has 0 fully saturated rings. The van der Waals surface area contributed by atoms with Gasteiger partial charge in [0.05, 0.1) is 0 Å². The first-order valence-corrected chi connectivity index (χ1v) is 7.47. The van der Waals surface area contributed by atoms with Gasteiger partial charge in [-0.2, -0.15) is 0 Å². The summed E-state index contributed by atoms with van der Waals surface area (Å²) in [5, 5.41) is 12.8. The first-order chi connectivity index (χ1) is 10.7. The van der Waals surface area contributed by atoms with Crippen molar-refractivity contribution in [3.05, 3.63) is 45.5 Å². The Bertz CT molecular complexity index is 807. The van der Waals surface area contributed by atoms with E-state index in [9.17, 15) is 14.8 Å². The van der Waals surface area contributed by atoms with Crippen LogP contribution >= 0.6 is 11.6 Å². The van der Waals surface area contributed by atoms with Crippen molar-refractivity contribution in [1.82, 2.24) is 0 Å². The normalized spacial score (nSPS) is 16.9. The number of fused-ring (bicyclic) bond motifs is 3. The van der Waals surface area contributed by atoms with Gasteiger partial charge in [0, 0.05) is 0 Å². The van der Waals surface area contributed by atoms with Crippen LogP contribution in [0.2, 0.25) is 0 Å². The molecule has 1 aliphatic carbocycles. The number of non-ortho nitro benzene ring substituents is 1. The van der Waals surface area contributed by atoms with Crippen molar-refractivity contribution in [3.8, 4) is 0 Å². The molecule has 3 rings (SSSR count). The number of halogens is 1. The summed E-state index contributed by atoms with van der Waals surface area (Å²) in [5.41, 5.74) is 2.71. The van der Waals surface area contributed by atoms with Gasteiger partial charge in [0.25, 0.3) is 0 Å². The number of rotatable bonds is 4. The van der Waals surface area contributed by atoms with Crippen LogP contribution in [0.25, 0.3) is 10.8 Å². The van der Waals surface area contributed by atoms with Gasteiger partial charge in [0.2, 0.25) is 0 Å². The topological polar surface area (TPSA) is 72.6 Å². The number of aryl methyl sites for hydroxylation is 1. The molecule has 0 radical (unpaired) electrons. The zero-order chi connectivity index (χ0) is 15.7. The molecule has 22 heavy (non-hydrogen) atoms. The van der Waals surface area contributed by atoms with Gasteiger partial charge in [0.1, 0.15) is 0 Å². The molecule has 0 heterocycles. The van der Waals surface area contributed by atoms with Crippen LogP contribution in [-0.2, 0) is 11.1 Å². The molecule has 0 aromatic heterocycles. The summed E-state index contributed by atoms with van der Waals surface area (Å²) in [7, 11) is 0.574. The fourth-order valence-electron chi connectivity index (χ4n) is 3.14. The molecule has 1 atom stereocenters. The maximum atomic E-state index is 11.4. The Labute approximate surface area is 132 Å². The molecule has 1 aliphatic rings. The molecule has 1 unspecified atom stereocenters. The van der Waals surface area contributed by atoms with Gasteiger partial charge in [0.15, 0.2) is 0 Å². The van der Waals surface area contributed by atoms with Crippen molar-refractivity contribution in [1.29, 1.82) is 0 Å². The van der Waals surface area contributed by atoms with Gasteiger partial charge in [-0.05, 0) is 0 Å². The minimum absolute atomic E-state index is 0.0760. The Morgan fingerprint density at radius 1 is 1.41 bits per heavy atom. The summed E-state index contributed by atoms with van der Waals surface area (Å²) < 4.78 is 10.4. The van der Waals surface area contributed by atoms with Gasteiger partial charge < -0.3 is 0 Å². The van der Waals surface area contributed by atoms with E-state index in [0.717, 1.165) is 35.5 Å². The molecule has 0 N–H and O–H groups in total. The van der Waals surface area contributed by atoms with Crippen LogP contribution in [-0.4, -0.2) is 24.1 Å². The third-order valence-corrected chi connectivity index (χ3v) is 4.44. The monoisotopic (exact) mass is 314 g/mol. The summed E-state index contributed by atoms with van der Waals surface area (Å²) in [4.78, 5) is 15.0.